The summed E-state index contributed by atoms with van der Waals surface area (Å²) < 4.78 is 22.7. The Morgan fingerprint density at radius 1 is 1.42 bits per heavy atom. The third-order valence-corrected chi connectivity index (χ3v) is 5.40. The van der Waals surface area contributed by atoms with E-state index in [0.717, 1.165) is 23.5 Å². The highest BCUT2D eigenvalue weighted by molar-refractivity contribution is 7.94. The Morgan fingerprint density at radius 3 is 2.75 bits per heavy atom. The summed E-state index contributed by atoms with van der Waals surface area (Å²) in [4.78, 5) is 0.867. The lowest BCUT2D eigenvalue weighted by molar-refractivity contribution is 0.680. The highest BCUT2D eigenvalue weighted by atomic mass is 32.2. The molecule has 1 saturated heterocycles. The van der Waals surface area contributed by atoms with Gasteiger partial charge in [0.05, 0.1) is 16.0 Å². The molecule has 0 saturated carbocycles. The van der Waals surface area contributed by atoms with E-state index in [2.05, 4.69) is 0 Å². The van der Waals surface area contributed by atoms with Gasteiger partial charge in [-0.2, -0.15) is 0 Å². The molecule has 66 valence electrons. The predicted molar refractivity (Wildman–Crippen MR) is 51.4 cm³/mol. The van der Waals surface area contributed by atoms with Gasteiger partial charge in [0.2, 0.25) is 0 Å². The Hall–Kier alpha value is -0.220. The Kier molecular flexibility index (Phi) is 2.28. The van der Waals surface area contributed by atoms with E-state index < -0.39 is 21.6 Å². The van der Waals surface area contributed by atoms with Crippen molar-refractivity contribution in [1.29, 1.82) is 0 Å². The van der Waals surface area contributed by atoms with E-state index in [0.29, 0.717) is 0 Å². The van der Waals surface area contributed by atoms with E-state index in [1.165, 1.54) is 0 Å². The quantitative estimate of drug-likeness (QED) is 0.637. The van der Waals surface area contributed by atoms with Crippen LogP contribution in [0.3, 0.4) is 0 Å². The van der Waals surface area contributed by atoms with Gasteiger partial charge < -0.3 is 0 Å². The average Bonchev–Trinajstić information content (AvgIpc) is 2.59. The normalized spacial score (nSPS) is 40.3. The molecule has 2 aliphatic rings. The van der Waals surface area contributed by atoms with Crippen molar-refractivity contribution in [3.8, 4) is 0 Å². The van der Waals surface area contributed by atoms with Crippen molar-refractivity contribution in [3.63, 3.8) is 0 Å². The number of hydrogen-bond donors (Lipinski definition) is 0. The van der Waals surface area contributed by atoms with Gasteiger partial charge in [0.1, 0.15) is 0 Å². The smallest absolute Gasteiger partial charge is 0.0747 e. The minimum absolute atomic E-state index is 0.0702. The minimum atomic E-state index is -0.984. The monoisotopic (exact) mass is 202 g/mol. The summed E-state index contributed by atoms with van der Waals surface area (Å²) in [5.74, 6) is 0.777. The molecule has 3 unspecified atom stereocenters. The molecule has 0 N–H and O–H groups in total. The van der Waals surface area contributed by atoms with Crippen molar-refractivity contribution in [2.24, 2.45) is 0 Å². The maximum absolute atomic E-state index is 11.4. The minimum Gasteiger partial charge on any atom is -0.259 e. The zero-order valence-corrected chi connectivity index (χ0v) is 8.20. The maximum Gasteiger partial charge on any atom is 0.0747 e. The lowest BCUT2D eigenvalue weighted by Gasteiger charge is -2.07. The summed E-state index contributed by atoms with van der Waals surface area (Å²) in [7, 11) is -1.76. The van der Waals surface area contributed by atoms with Gasteiger partial charge in [-0.3, -0.25) is 4.21 Å². The van der Waals surface area contributed by atoms with E-state index >= 15 is 0 Å². The fourth-order valence-corrected chi connectivity index (χ4v) is 4.62. The topological polar surface area (TPSA) is 34.1 Å². The van der Waals surface area contributed by atoms with E-state index in [1.807, 2.05) is 6.08 Å². The Labute approximate surface area is 76.7 Å². The number of allylic oxidation sites excluding steroid dienone is 2. The van der Waals surface area contributed by atoms with E-state index in [-0.39, 0.29) is 5.25 Å². The molecule has 0 bridgehead atoms. The van der Waals surface area contributed by atoms with Gasteiger partial charge in [0.25, 0.3) is 0 Å². The molecule has 12 heavy (non-hydrogen) atoms. The lowest BCUT2D eigenvalue weighted by atomic mass is 10.2. The van der Waals surface area contributed by atoms with E-state index in [4.69, 9.17) is 0 Å². The van der Waals surface area contributed by atoms with Crippen LogP contribution in [0.2, 0.25) is 0 Å². The van der Waals surface area contributed by atoms with Crippen LogP contribution in [0, 0.1) is 0 Å². The SMILES string of the molecule is O=S1C=CC=C1C1CCCS1=O. The third kappa shape index (κ3) is 1.33. The maximum atomic E-state index is 11.4. The van der Waals surface area contributed by atoms with Crippen LogP contribution in [-0.4, -0.2) is 19.4 Å². The predicted octanol–water partition coefficient (Wildman–Crippen LogP) is 1.06. The molecule has 0 aliphatic carbocycles. The third-order valence-electron chi connectivity index (χ3n) is 2.14. The average molecular weight is 202 g/mol. The molecule has 3 atom stereocenters. The molecular weight excluding hydrogens is 192 g/mol. The Bertz CT molecular complexity index is 304. The largest absolute Gasteiger partial charge is 0.259 e. The van der Waals surface area contributed by atoms with Crippen LogP contribution in [0.25, 0.3) is 0 Å². The molecule has 2 nitrogen and oxygen atoms in total. The van der Waals surface area contributed by atoms with E-state index in [1.54, 1.807) is 11.5 Å². The van der Waals surface area contributed by atoms with Crippen molar-refractivity contribution in [2.75, 3.05) is 5.75 Å². The fraction of sp³-hybridized carbons (Fsp3) is 0.500. The molecule has 4 heteroatoms. The first-order valence-electron chi connectivity index (χ1n) is 3.95. The molecule has 0 aromatic heterocycles. The molecular formula is C8H10O2S2. The van der Waals surface area contributed by atoms with Crippen LogP contribution < -0.4 is 0 Å². The first kappa shape index (κ1) is 8.38. The van der Waals surface area contributed by atoms with Crippen molar-refractivity contribution < 1.29 is 8.42 Å². The molecule has 2 heterocycles. The van der Waals surface area contributed by atoms with Crippen LogP contribution in [0.1, 0.15) is 12.8 Å². The molecule has 0 aromatic rings. The zero-order valence-electron chi connectivity index (χ0n) is 6.56. The van der Waals surface area contributed by atoms with Gasteiger partial charge in [0.15, 0.2) is 0 Å². The van der Waals surface area contributed by atoms with Crippen molar-refractivity contribution in [2.45, 2.75) is 18.1 Å². The highest BCUT2D eigenvalue weighted by Gasteiger charge is 2.29. The van der Waals surface area contributed by atoms with Crippen LogP contribution in [0.5, 0.6) is 0 Å². The summed E-state index contributed by atoms with van der Waals surface area (Å²) in [5, 5.41) is 1.73. The molecule has 2 rings (SSSR count). The standard InChI is InChI=1S/C8H10O2S2/c9-11-5-1-3-7(11)8-4-2-6-12(8)10/h1,3,5,8H,2,4,6H2. The second-order valence-electron chi connectivity index (χ2n) is 2.91. The van der Waals surface area contributed by atoms with Crippen LogP contribution >= 0.6 is 0 Å². The summed E-state index contributed by atoms with van der Waals surface area (Å²) >= 11 is 0. The highest BCUT2D eigenvalue weighted by Crippen LogP contribution is 2.28. The summed E-state index contributed by atoms with van der Waals surface area (Å²) in [6.07, 6.45) is 5.59. The van der Waals surface area contributed by atoms with Crippen LogP contribution in [0.15, 0.2) is 22.5 Å². The molecule has 0 radical (unpaired) electrons. The molecule has 2 aliphatic heterocycles. The van der Waals surface area contributed by atoms with Crippen molar-refractivity contribution >= 4 is 21.6 Å². The Balaban J connectivity index is 2.20. The summed E-state index contributed by atoms with van der Waals surface area (Å²) in [6, 6.07) is 0. The van der Waals surface area contributed by atoms with Crippen molar-refractivity contribution in [3.05, 3.63) is 22.5 Å². The summed E-state index contributed by atoms with van der Waals surface area (Å²) in [5.41, 5.74) is 0. The van der Waals surface area contributed by atoms with Crippen LogP contribution in [-0.2, 0) is 21.6 Å². The van der Waals surface area contributed by atoms with E-state index in [9.17, 15) is 8.42 Å². The molecule has 0 amide bonds. The lowest BCUT2D eigenvalue weighted by Crippen LogP contribution is -2.13. The first-order valence-corrected chi connectivity index (χ1v) is 6.54. The van der Waals surface area contributed by atoms with Gasteiger partial charge in [-0.1, -0.05) is 6.08 Å². The Morgan fingerprint density at radius 2 is 2.25 bits per heavy atom. The van der Waals surface area contributed by atoms with Gasteiger partial charge in [0, 0.05) is 26.9 Å². The van der Waals surface area contributed by atoms with Crippen molar-refractivity contribution in [1.82, 2.24) is 0 Å². The van der Waals surface area contributed by atoms with Gasteiger partial charge in [-0.15, -0.1) is 0 Å². The summed E-state index contributed by atoms with van der Waals surface area (Å²) in [6.45, 7) is 0. The number of hydrogen-bond acceptors (Lipinski definition) is 2. The zero-order chi connectivity index (χ0) is 8.55. The van der Waals surface area contributed by atoms with Gasteiger partial charge >= 0.3 is 0 Å². The van der Waals surface area contributed by atoms with Crippen LogP contribution in [0.4, 0.5) is 0 Å². The molecule has 1 fully saturated rings. The number of rotatable bonds is 1. The van der Waals surface area contributed by atoms with Gasteiger partial charge in [-0.25, -0.2) is 4.21 Å². The van der Waals surface area contributed by atoms with Gasteiger partial charge in [-0.05, 0) is 18.9 Å². The molecule has 0 spiro atoms. The first-order chi connectivity index (χ1) is 5.79. The fourth-order valence-electron chi connectivity index (χ4n) is 1.54. The second-order valence-corrected chi connectivity index (χ2v) is 5.99. The molecule has 0 aromatic carbocycles. The second kappa shape index (κ2) is 3.26.